The quantitative estimate of drug-likeness (QED) is 0.391. The maximum Gasteiger partial charge on any atom is 0.307 e. The first-order valence-corrected chi connectivity index (χ1v) is 12.2. The normalized spacial score (nSPS) is 22.2. The van der Waals surface area contributed by atoms with Crippen molar-refractivity contribution in [3.05, 3.63) is 44.2 Å². The topological polar surface area (TPSA) is 179 Å². The van der Waals surface area contributed by atoms with E-state index in [0.29, 0.717) is 27.5 Å². The molecule has 2 aromatic heterocycles. The smallest absolute Gasteiger partial charge is 0.307 e. The van der Waals surface area contributed by atoms with Gasteiger partial charge in [-0.1, -0.05) is 12.2 Å². The Morgan fingerprint density at radius 2 is 1.38 bits per heavy atom. The number of anilines is 2. The first kappa shape index (κ1) is 25.4. The Balaban J connectivity index is 0.000000248. The molecule has 2 aromatic rings. The fraction of sp³-hybridized carbons (Fsp3) is 0.391. The number of nitrogens with one attached hydrogen (secondary N) is 1. The average molecular weight is 505 g/mol. The lowest BCUT2D eigenvalue weighted by molar-refractivity contribution is -0.146. The van der Waals surface area contributed by atoms with Crippen molar-refractivity contribution in [1.82, 2.24) is 0 Å². The molecule has 2 bridgehead atoms. The fourth-order valence-electron chi connectivity index (χ4n) is 4.68. The van der Waals surface area contributed by atoms with Gasteiger partial charge < -0.3 is 27.6 Å². The molecule has 1 saturated carbocycles. The Morgan fingerprint density at radius 3 is 1.82 bits per heavy atom. The molecule has 0 aromatic carbocycles. The Morgan fingerprint density at radius 1 is 0.882 bits per heavy atom. The number of fused-ring (bicyclic) bond motifs is 2. The van der Waals surface area contributed by atoms with Crippen molar-refractivity contribution in [2.75, 3.05) is 11.1 Å². The zero-order chi connectivity index (χ0) is 25.5. The van der Waals surface area contributed by atoms with Crippen LogP contribution in [0.2, 0.25) is 0 Å². The van der Waals surface area contributed by atoms with Gasteiger partial charge in [0.1, 0.15) is 5.00 Å². The van der Waals surface area contributed by atoms with Crippen LogP contribution in [0.3, 0.4) is 0 Å². The summed E-state index contributed by atoms with van der Waals surface area (Å²) in [5.41, 5.74) is 18.5. The van der Waals surface area contributed by atoms with E-state index in [2.05, 4.69) is 5.32 Å². The van der Waals surface area contributed by atoms with Crippen molar-refractivity contribution in [2.45, 2.75) is 34.1 Å². The third kappa shape index (κ3) is 4.58. The number of nitrogens with two attached hydrogens (primary N) is 3. The van der Waals surface area contributed by atoms with Crippen molar-refractivity contribution in [3.8, 4) is 0 Å². The van der Waals surface area contributed by atoms with Crippen LogP contribution in [0.4, 0.5) is 10.0 Å². The van der Waals surface area contributed by atoms with E-state index >= 15 is 0 Å². The van der Waals surface area contributed by atoms with Crippen molar-refractivity contribution >= 4 is 56.4 Å². The summed E-state index contributed by atoms with van der Waals surface area (Å²) in [6.07, 6.45) is 4.51. The van der Waals surface area contributed by atoms with Gasteiger partial charge in [0.25, 0.3) is 11.8 Å². The van der Waals surface area contributed by atoms with E-state index in [1.165, 1.54) is 22.7 Å². The molecule has 11 heteroatoms. The van der Waals surface area contributed by atoms with Crippen LogP contribution in [0.5, 0.6) is 0 Å². The lowest BCUT2D eigenvalue weighted by atomic mass is 9.82. The van der Waals surface area contributed by atoms with Crippen molar-refractivity contribution in [3.63, 3.8) is 0 Å². The van der Waals surface area contributed by atoms with E-state index in [-0.39, 0.29) is 17.7 Å². The van der Waals surface area contributed by atoms with Crippen LogP contribution in [0.25, 0.3) is 0 Å². The van der Waals surface area contributed by atoms with Gasteiger partial charge >= 0.3 is 5.97 Å². The Hall–Kier alpha value is -3.18. The number of carbonyl (C=O) groups excluding carboxylic acids is 3. The molecule has 4 atom stereocenters. The summed E-state index contributed by atoms with van der Waals surface area (Å²) >= 11 is 2.69. The van der Waals surface area contributed by atoms with Crippen molar-refractivity contribution in [2.24, 2.45) is 35.1 Å². The molecule has 2 heterocycles. The summed E-state index contributed by atoms with van der Waals surface area (Å²) in [4.78, 5) is 48.6. The number of hydrogen-bond acceptors (Lipinski definition) is 7. The van der Waals surface area contributed by atoms with Crippen molar-refractivity contribution in [1.29, 1.82) is 0 Å². The van der Waals surface area contributed by atoms with Gasteiger partial charge in [-0.05, 0) is 57.1 Å². The predicted octanol–water partition coefficient (Wildman–Crippen LogP) is 2.97. The summed E-state index contributed by atoms with van der Waals surface area (Å²) in [6.45, 7) is 7.40. The summed E-state index contributed by atoms with van der Waals surface area (Å²) < 4.78 is 0. The number of nitrogen functional groups attached to an aromatic ring is 1. The van der Waals surface area contributed by atoms with Gasteiger partial charge in [0.15, 0.2) is 0 Å². The predicted molar refractivity (Wildman–Crippen MR) is 133 cm³/mol. The zero-order valence-electron chi connectivity index (χ0n) is 19.3. The third-order valence-corrected chi connectivity index (χ3v) is 8.73. The molecule has 0 aliphatic heterocycles. The monoisotopic (exact) mass is 504 g/mol. The minimum atomic E-state index is -0.948. The molecule has 2 aliphatic rings. The maximum atomic E-state index is 12.7. The van der Waals surface area contributed by atoms with Gasteiger partial charge in [0.2, 0.25) is 5.91 Å². The van der Waals surface area contributed by atoms with E-state index in [4.69, 9.17) is 17.2 Å². The number of amides is 3. The number of hydrogen-bond donors (Lipinski definition) is 5. The largest absolute Gasteiger partial charge is 0.481 e. The van der Waals surface area contributed by atoms with E-state index in [1.807, 2.05) is 32.9 Å². The average Bonchev–Trinajstić information content (AvgIpc) is 3.46. The van der Waals surface area contributed by atoms with Gasteiger partial charge in [-0.25, -0.2) is 0 Å². The van der Waals surface area contributed by atoms with Gasteiger partial charge in [-0.3, -0.25) is 19.2 Å². The number of thiophene rings is 2. The SMILES string of the molecule is Cc1sc(N)c(C(N)=O)c1C.Cc1sc(NC(=O)C2C3C=CC(C3)C2C(=O)O)c(C(N)=O)c1C. The molecule has 0 spiro atoms. The standard InChI is InChI=1S/C16H18N2O4S.C7H10N2OS/c1-6-7(2)23-15(10(6)13(17)19)18-14(20)11-8-3-4-9(5-8)12(11)16(21)22;1-3-4(2)11-7(9)5(3)6(8)10/h3-4,8-9,11-12H,5H2,1-2H3,(H2,17,19)(H,18,20)(H,21,22);9H2,1-2H3,(H2,8,10). The highest BCUT2D eigenvalue weighted by molar-refractivity contribution is 7.17. The third-order valence-electron chi connectivity index (χ3n) is 6.57. The number of carbonyl (C=O) groups is 4. The van der Waals surface area contributed by atoms with Gasteiger partial charge in [-0.15, -0.1) is 22.7 Å². The first-order valence-electron chi connectivity index (χ1n) is 10.6. The van der Waals surface area contributed by atoms with E-state index in [1.54, 1.807) is 6.92 Å². The minimum absolute atomic E-state index is 0.0553. The molecule has 0 radical (unpaired) electrons. The van der Waals surface area contributed by atoms with Gasteiger partial charge in [0.05, 0.1) is 28.0 Å². The van der Waals surface area contributed by atoms with Crippen LogP contribution >= 0.6 is 22.7 Å². The second kappa shape index (κ2) is 9.59. The highest BCUT2D eigenvalue weighted by Crippen LogP contribution is 2.48. The molecular formula is C23H28N4O5S2. The number of carboxylic acids is 1. The molecule has 1 fully saturated rings. The van der Waals surface area contributed by atoms with Crippen LogP contribution in [0, 0.1) is 51.4 Å². The van der Waals surface area contributed by atoms with Crippen LogP contribution < -0.4 is 22.5 Å². The summed E-state index contributed by atoms with van der Waals surface area (Å²) in [5.74, 6) is -3.78. The number of aryl methyl sites for hydroxylation is 2. The Bertz CT molecular complexity index is 1210. The molecule has 9 nitrogen and oxygen atoms in total. The molecule has 4 rings (SSSR count). The van der Waals surface area contributed by atoms with E-state index < -0.39 is 29.6 Å². The summed E-state index contributed by atoms with van der Waals surface area (Å²) in [7, 11) is 0. The lowest BCUT2D eigenvalue weighted by Crippen LogP contribution is -2.36. The Labute approximate surface area is 205 Å². The highest BCUT2D eigenvalue weighted by Gasteiger charge is 2.51. The molecule has 34 heavy (non-hydrogen) atoms. The van der Waals surface area contributed by atoms with Crippen LogP contribution in [-0.2, 0) is 9.59 Å². The lowest BCUT2D eigenvalue weighted by Gasteiger charge is -2.23. The molecule has 4 unspecified atom stereocenters. The van der Waals surface area contributed by atoms with Crippen LogP contribution in [0.1, 0.15) is 48.0 Å². The maximum absolute atomic E-state index is 12.7. The van der Waals surface area contributed by atoms with Crippen LogP contribution in [-0.4, -0.2) is 28.8 Å². The molecule has 3 amide bonds. The number of primary amides is 2. The number of rotatable bonds is 5. The molecule has 182 valence electrons. The van der Waals surface area contributed by atoms with E-state index in [0.717, 1.165) is 20.9 Å². The highest BCUT2D eigenvalue weighted by atomic mass is 32.1. The second-order valence-electron chi connectivity index (χ2n) is 8.57. The number of aliphatic carboxylic acids is 1. The van der Waals surface area contributed by atoms with Crippen molar-refractivity contribution < 1.29 is 24.3 Å². The zero-order valence-corrected chi connectivity index (χ0v) is 20.9. The molecule has 0 saturated heterocycles. The fourth-order valence-corrected chi connectivity index (χ4v) is 6.69. The summed E-state index contributed by atoms with van der Waals surface area (Å²) in [5, 5.41) is 13.1. The van der Waals surface area contributed by atoms with Crippen LogP contribution in [0.15, 0.2) is 12.2 Å². The number of carboxylic acid groups (broad SMARTS) is 1. The molecule has 2 aliphatic carbocycles. The first-order chi connectivity index (χ1) is 15.8. The molecule has 8 N–H and O–H groups in total. The van der Waals surface area contributed by atoms with Gasteiger partial charge in [-0.2, -0.15) is 0 Å². The minimum Gasteiger partial charge on any atom is -0.481 e. The van der Waals surface area contributed by atoms with E-state index in [9.17, 15) is 24.3 Å². The Kier molecular flexibility index (Phi) is 7.18. The summed E-state index contributed by atoms with van der Waals surface area (Å²) in [6, 6.07) is 0. The number of allylic oxidation sites excluding steroid dienone is 2. The molecular weight excluding hydrogens is 476 g/mol. The van der Waals surface area contributed by atoms with Gasteiger partial charge in [0, 0.05) is 9.75 Å². The second-order valence-corrected chi connectivity index (χ2v) is 11.0.